The van der Waals surface area contributed by atoms with Crippen molar-refractivity contribution in [3.05, 3.63) is 0 Å². The number of aliphatic hydroxyl groups is 1. The van der Waals surface area contributed by atoms with E-state index in [9.17, 15) is 4.79 Å². The van der Waals surface area contributed by atoms with Crippen molar-refractivity contribution in [2.75, 3.05) is 0 Å². The molecule has 1 N–H and O–H groups in total. The number of hydrogen-bond acceptors (Lipinski definition) is 2. The molecule has 0 fully saturated rings. The molecular formula is C4H7O2Rb. The Morgan fingerprint density at radius 3 is 2.29 bits per heavy atom. The zero-order valence-corrected chi connectivity index (χ0v) is 9.56. The Morgan fingerprint density at radius 2 is 2.29 bits per heavy atom. The summed E-state index contributed by atoms with van der Waals surface area (Å²) in [7, 11) is 0. The molecule has 0 saturated heterocycles. The summed E-state index contributed by atoms with van der Waals surface area (Å²) in [4.78, 5) is 9.33. The van der Waals surface area contributed by atoms with Crippen LogP contribution in [0.4, 0.5) is 0 Å². The number of hydrogen-bond donors (Lipinski definition) is 1. The molecule has 1 unspecified atom stereocenters. The maximum absolute atomic E-state index is 9.33. The maximum atomic E-state index is 9.33. The van der Waals surface area contributed by atoms with Crippen molar-refractivity contribution >= 4 is 6.29 Å². The summed E-state index contributed by atoms with van der Waals surface area (Å²) in [6.45, 7) is 1.55. The van der Waals surface area contributed by atoms with E-state index >= 15 is 0 Å². The zero-order chi connectivity index (χ0) is 4.99. The fourth-order valence-corrected chi connectivity index (χ4v) is 0.121. The largest absolute Gasteiger partial charge is 1.00 e. The van der Waals surface area contributed by atoms with Gasteiger partial charge in [0.2, 0.25) is 0 Å². The van der Waals surface area contributed by atoms with Crippen LogP contribution in [0.3, 0.4) is 0 Å². The van der Waals surface area contributed by atoms with Crippen LogP contribution in [-0.2, 0) is 4.79 Å². The van der Waals surface area contributed by atoms with E-state index in [4.69, 9.17) is 5.11 Å². The summed E-state index contributed by atoms with van der Waals surface area (Å²) in [5.41, 5.74) is 0. The van der Waals surface area contributed by atoms with Crippen molar-refractivity contribution in [2.24, 2.45) is 0 Å². The molecule has 0 aliphatic rings. The van der Waals surface area contributed by atoms with Gasteiger partial charge in [-0.05, 0) is 6.92 Å². The Morgan fingerprint density at radius 1 is 1.86 bits per heavy atom. The van der Waals surface area contributed by atoms with Gasteiger partial charge in [-0.15, -0.1) is 6.42 Å². The molecule has 0 rings (SSSR count). The molecule has 1 atom stereocenters. The van der Waals surface area contributed by atoms with Crippen LogP contribution in [0.25, 0.3) is 0 Å². The van der Waals surface area contributed by atoms with Gasteiger partial charge in [-0.2, -0.15) is 0 Å². The van der Waals surface area contributed by atoms with Gasteiger partial charge >= 0.3 is 58.2 Å². The summed E-state index contributed by atoms with van der Waals surface area (Å²) < 4.78 is 0. The van der Waals surface area contributed by atoms with E-state index in [0.717, 1.165) is 0 Å². The van der Waals surface area contributed by atoms with E-state index in [1.54, 1.807) is 13.2 Å². The van der Waals surface area contributed by atoms with Crippen molar-refractivity contribution in [1.29, 1.82) is 0 Å². The van der Waals surface area contributed by atoms with Crippen LogP contribution in [0, 0.1) is 0 Å². The molecule has 0 spiro atoms. The Bertz CT molecular complexity index is 45.0. The molecule has 0 amide bonds. The van der Waals surface area contributed by atoms with Gasteiger partial charge in [0.1, 0.15) is 0 Å². The molecule has 3 heteroatoms. The van der Waals surface area contributed by atoms with Crippen molar-refractivity contribution in [3.8, 4) is 0 Å². The first-order valence-electron chi connectivity index (χ1n) is 1.80. The molecule has 2 nitrogen and oxygen atoms in total. The first kappa shape index (κ1) is 11.3. The smallest absolute Gasteiger partial charge is 0.542 e. The van der Waals surface area contributed by atoms with Gasteiger partial charge in [0, 0.05) is 6.10 Å². The predicted molar refractivity (Wildman–Crippen MR) is 22.0 cm³/mol. The Kier molecular flexibility index (Phi) is 12.0. The van der Waals surface area contributed by atoms with E-state index in [0.29, 0.717) is 0 Å². The molecule has 36 valence electrons. The zero-order valence-electron chi connectivity index (χ0n) is 4.64. The summed E-state index contributed by atoms with van der Waals surface area (Å²) in [5.74, 6) is 0. The Labute approximate surface area is 92.1 Å². The molecule has 0 aromatic rings. The molecular weight excluding hydrogens is 166 g/mol. The second-order valence-corrected chi connectivity index (χ2v) is 1.20. The van der Waals surface area contributed by atoms with Gasteiger partial charge in [0.05, 0.1) is 0 Å². The van der Waals surface area contributed by atoms with E-state index in [1.165, 1.54) is 0 Å². The second-order valence-electron chi connectivity index (χ2n) is 1.20. The molecule has 0 aliphatic carbocycles. The molecule has 0 aliphatic heterocycles. The summed E-state index contributed by atoms with van der Waals surface area (Å²) in [5, 5.41) is 8.29. The van der Waals surface area contributed by atoms with E-state index in [2.05, 4.69) is 0 Å². The first-order chi connectivity index (χ1) is 2.77. The number of rotatable bonds is 2. The van der Waals surface area contributed by atoms with Crippen LogP contribution >= 0.6 is 0 Å². The molecule has 0 heterocycles. The van der Waals surface area contributed by atoms with Crippen molar-refractivity contribution in [3.63, 3.8) is 0 Å². The monoisotopic (exact) mass is 172 g/mol. The molecule has 0 aromatic carbocycles. The van der Waals surface area contributed by atoms with Gasteiger partial charge in [-0.3, -0.25) is 6.29 Å². The summed E-state index contributed by atoms with van der Waals surface area (Å²) >= 11 is 0. The first-order valence-corrected chi connectivity index (χ1v) is 1.80. The Balaban J connectivity index is 0. The number of aliphatic hydroxyl groups excluding tert-OH is 1. The topological polar surface area (TPSA) is 37.3 Å². The van der Waals surface area contributed by atoms with Crippen LogP contribution in [0.1, 0.15) is 13.3 Å². The number of carbonyl (C=O) groups excluding carboxylic acids is 1. The van der Waals surface area contributed by atoms with E-state index < -0.39 is 6.10 Å². The third-order valence-electron chi connectivity index (χ3n) is 0.379. The van der Waals surface area contributed by atoms with Crippen LogP contribution in [-0.4, -0.2) is 17.5 Å². The van der Waals surface area contributed by atoms with Gasteiger partial charge in [0.15, 0.2) is 0 Å². The van der Waals surface area contributed by atoms with Gasteiger partial charge < -0.3 is 9.90 Å². The van der Waals surface area contributed by atoms with Crippen molar-refractivity contribution < 1.29 is 68.1 Å². The predicted octanol–water partition coefficient (Wildman–Crippen LogP) is -3.13. The van der Waals surface area contributed by atoms with Crippen LogP contribution < -0.4 is 58.2 Å². The fourth-order valence-electron chi connectivity index (χ4n) is 0.121. The van der Waals surface area contributed by atoms with Crippen molar-refractivity contribution in [2.45, 2.75) is 19.4 Å². The Hall–Kier alpha value is 1.44. The third-order valence-corrected chi connectivity index (χ3v) is 0.379. The van der Waals surface area contributed by atoms with Gasteiger partial charge in [0.25, 0.3) is 0 Å². The molecule has 0 radical (unpaired) electrons. The minimum absolute atomic E-state index is 0. The minimum Gasteiger partial charge on any atom is -0.542 e. The molecule has 7 heavy (non-hydrogen) atoms. The van der Waals surface area contributed by atoms with Crippen molar-refractivity contribution in [1.82, 2.24) is 0 Å². The minimum atomic E-state index is -0.525. The molecule has 0 aromatic heterocycles. The van der Waals surface area contributed by atoms with Gasteiger partial charge in [-0.1, -0.05) is 0 Å². The fraction of sp³-hybridized carbons (Fsp3) is 0.750. The normalized spacial score (nSPS) is 11.7. The quantitative estimate of drug-likeness (QED) is 0.448. The van der Waals surface area contributed by atoms with Crippen LogP contribution in [0.15, 0.2) is 0 Å². The van der Waals surface area contributed by atoms with E-state index in [-0.39, 0.29) is 64.6 Å². The van der Waals surface area contributed by atoms with E-state index in [1.807, 2.05) is 0 Å². The maximum Gasteiger partial charge on any atom is 1.00 e. The standard InChI is InChI=1S/C4H7O2.Rb/c1-4(6)2-3-5;/h4,6H,2H2,1H3;/q-1;+1. The summed E-state index contributed by atoms with van der Waals surface area (Å²) in [6.07, 6.45) is 1.17. The van der Waals surface area contributed by atoms with Crippen LogP contribution in [0.5, 0.6) is 0 Å². The second kappa shape index (κ2) is 7.44. The average molecular weight is 173 g/mol. The molecule has 0 bridgehead atoms. The van der Waals surface area contributed by atoms with Gasteiger partial charge in [-0.25, -0.2) is 0 Å². The average Bonchev–Trinajstić information content (AvgIpc) is 1.35. The van der Waals surface area contributed by atoms with Crippen LogP contribution in [0.2, 0.25) is 0 Å². The SMILES string of the molecule is CC(O)C[C-]=O.[Rb+]. The third kappa shape index (κ3) is 11.2. The molecule has 0 saturated carbocycles. The summed E-state index contributed by atoms with van der Waals surface area (Å²) in [6, 6.07) is 0.